The first kappa shape index (κ1) is 22.2. The van der Waals surface area contributed by atoms with Crippen LogP contribution in [0.2, 0.25) is 0 Å². The third-order valence-electron chi connectivity index (χ3n) is 5.38. The van der Waals surface area contributed by atoms with Crippen LogP contribution in [0, 0.1) is 0 Å². The molecule has 1 saturated heterocycles. The SMILES string of the molecule is CCCCN1C(=O)C(=O)/C(=C(/O)c2ccc(OC)cc2)[C@@H]1c1ccc(OC)c(OC)c1. The van der Waals surface area contributed by atoms with Crippen molar-refractivity contribution in [2.75, 3.05) is 27.9 Å². The van der Waals surface area contributed by atoms with Crippen LogP contribution in [-0.4, -0.2) is 49.6 Å². The highest BCUT2D eigenvalue weighted by molar-refractivity contribution is 6.46. The Bertz CT molecular complexity index is 996. The van der Waals surface area contributed by atoms with Crippen molar-refractivity contribution in [1.82, 2.24) is 4.90 Å². The molecule has 31 heavy (non-hydrogen) atoms. The summed E-state index contributed by atoms with van der Waals surface area (Å²) in [6.07, 6.45) is 1.60. The maximum Gasteiger partial charge on any atom is 0.295 e. The molecule has 0 bridgehead atoms. The lowest BCUT2D eigenvalue weighted by Crippen LogP contribution is -2.30. The summed E-state index contributed by atoms with van der Waals surface area (Å²) in [5, 5.41) is 11.1. The number of likely N-dealkylation sites (tertiary alicyclic amines) is 1. The molecule has 7 nitrogen and oxygen atoms in total. The van der Waals surface area contributed by atoms with Crippen molar-refractivity contribution in [2.45, 2.75) is 25.8 Å². The van der Waals surface area contributed by atoms with Crippen molar-refractivity contribution in [3.63, 3.8) is 0 Å². The molecule has 0 saturated carbocycles. The number of ketones is 1. The fraction of sp³-hybridized carbons (Fsp3) is 0.333. The number of methoxy groups -OCH3 is 3. The van der Waals surface area contributed by atoms with Gasteiger partial charge in [-0.3, -0.25) is 9.59 Å². The smallest absolute Gasteiger partial charge is 0.295 e. The van der Waals surface area contributed by atoms with E-state index in [0.29, 0.717) is 34.9 Å². The molecular formula is C24H27NO6. The fourth-order valence-electron chi connectivity index (χ4n) is 3.71. The Morgan fingerprint density at radius 1 is 0.968 bits per heavy atom. The van der Waals surface area contributed by atoms with E-state index in [4.69, 9.17) is 14.2 Å². The van der Waals surface area contributed by atoms with Crippen molar-refractivity contribution in [2.24, 2.45) is 0 Å². The molecule has 1 amide bonds. The Morgan fingerprint density at radius 3 is 2.23 bits per heavy atom. The molecule has 7 heteroatoms. The van der Waals surface area contributed by atoms with Crippen molar-refractivity contribution in [3.8, 4) is 17.2 Å². The maximum atomic E-state index is 13.0. The summed E-state index contributed by atoms with van der Waals surface area (Å²) in [5.74, 6) is 0.0844. The van der Waals surface area contributed by atoms with Crippen molar-refractivity contribution in [3.05, 3.63) is 59.2 Å². The summed E-state index contributed by atoms with van der Waals surface area (Å²) in [5.41, 5.74) is 1.14. The van der Waals surface area contributed by atoms with E-state index in [1.165, 1.54) is 19.1 Å². The summed E-state index contributed by atoms with van der Waals surface area (Å²) in [4.78, 5) is 27.4. The number of unbranched alkanes of at least 4 members (excludes halogenated alkanes) is 1. The molecule has 0 spiro atoms. The largest absolute Gasteiger partial charge is 0.507 e. The highest BCUT2D eigenvalue weighted by atomic mass is 16.5. The van der Waals surface area contributed by atoms with Crippen LogP contribution >= 0.6 is 0 Å². The van der Waals surface area contributed by atoms with Gasteiger partial charge in [0.2, 0.25) is 0 Å². The number of hydrogen-bond acceptors (Lipinski definition) is 6. The Kier molecular flexibility index (Phi) is 6.84. The van der Waals surface area contributed by atoms with E-state index in [9.17, 15) is 14.7 Å². The van der Waals surface area contributed by atoms with Gasteiger partial charge >= 0.3 is 0 Å². The van der Waals surface area contributed by atoms with Crippen LogP contribution in [0.25, 0.3) is 5.76 Å². The zero-order valence-corrected chi connectivity index (χ0v) is 18.2. The standard InChI is InChI=1S/C24H27NO6/c1-5-6-13-25-21(16-9-12-18(30-3)19(14-16)31-4)20(23(27)24(25)28)22(26)15-7-10-17(29-2)11-8-15/h7-12,14,21,26H,5-6,13H2,1-4H3/b22-20+/t21-/m0/s1. The normalized spacial score (nSPS) is 17.7. The van der Waals surface area contributed by atoms with Crippen LogP contribution in [0.3, 0.4) is 0 Å². The number of carbonyl (C=O) groups is 2. The van der Waals surface area contributed by atoms with Gasteiger partial charge in [-0.25, -0.2) is 0 Å². The van der Waals surface area contributed by atoms with Gasteiger partial charge in [0.15, 0.2) is 11.5 Å². The second-order valence-electron chi connectivity index (χ2n) is 7.19. The van der Waals surface area contributed by atoms with Gasteiger partial charge in [-0.05, 0) is 48.4 Å². The molecule has 0 aromatic heterocycles. The van der Waals surface area contributed by atoms with Crippen LogP contribution < -0.4 is 14.2 Å². The molecule has 1 heterocycles. The summed E-state index contributed by atoms with van der Waals surface area (Å²) < 4.78 is 15.9. The zero-order chi connectivity index (χ0) is 22.5. The van der Waals surface area contributed by atoms with Gasteiger partial charge in [0, 0.05) is 12.1 Å². The highest BCUT2D eigenvalue weighted by Crippen LogP contribution is 2.42. The minimum atomic E-state index is -0.728. The number of benzene rings is 2. The second kappa shape index (κ2) is 9.55. The molecule has 0 unspecified atom stereocenters. The van der Waals surface area contributed by atoms with Crippen molar-refractivity contribution >= 4 is 17.4 Å². The quantitative estimate of drug-likeness (QED) is 0.392. The van der Waals surface area contributed by atoms with E-state index in [1.54, 1.807) is 49.6 Å². The maximum absolute atomic E-state index is 13.0. The number of amides is 1. The van der Waals surface area contributed by atoms with E-state index >= 15 is 0 Å². The number of Topliss-reactive ketones (excluding diaryl/α,β-unsaturated/α-hetero) is 1. The molecular weight excluding hydrogens is 398 g/mol. The predicted molar refractivity (Wildman–Crippen MR) is 116 cm³/mol. The number of carbonyl (C=O) groups excluding carboxylic acids is 2. The first-order chi connectivity index (χ1) is 15.0. The monoisotopic (exact) mass is 425 g/mol. The highest BCUT2D eigenvalue weighted by Gasteiger charge is 2.46. The molecule has 3 rings (SSSR count). The lowest BCUT2D eigenvalue weighted by atomic mass is 9.95. The van der Waals surface area contributed by atoms with Crippen LogP contribution in [-0.2, 0) is 9.59 Å². The molecule has 0 radical (unpaired) electrons. The molecule has 1 fully saturated rings. The van der Waals surface area contributed by atoms with Crippen molar-refractivity contribution < 1.29 is 28.9 Å². The molecule has 164 valence electrons. The van der Waals surface area contributed by atoms with Crippen LogP contribution in [0.15, 0.2) is 48.0 Å². The summed E-state index contributed by atoms with van der Waals surface area (Å²) in [6.45, 7) is 2.42. The molecule has 1 atom stereocenters. The summed E-state index contributed by atoms with van der Waals surface area (Å²) >= 11 is 0. The second-order valence-corrected chi connectivity index (χ2v) is 7.19. The average Bonchev–Trinajstić information content (AvgIpc) is 3.06. The molecule has 0 aliphatic carbocycles. The number of nitrogens with zero attached hydrogens (tertiary/aromatic N) is 1. The molecule has 1 N–H and O–H groups in total. The van der Waals surface area contributed by atoms with Crippen LogP contribution in [0.1, 0.15) is 36.9 Å². The van der Waals surface area contributed by atoms with E-state index in [0.717, 1.165) is 12.8 Å². The Balaban J connectivity index is 2.17. The number of aliphatic hydroxyl groups excluding tert-OH is 1. The number of hydrogen-bond donors (Lipinski definition) is 1. The van der Waals surface area contributed by atoms with Gasteiger partial charge in [0.05, 0.1) is 32.9 Å². The predicted octanol–water partition coefficient (Wildman–Crippen LogP) is 3.93. The van der Waals surface area contributed by atoms with E-state index < -0.39 is 17.7 Å². The summed E-state index contributed by atoms with van der Waals surface area (Å²) in [7, 11) is 4.60. The molecule has 2 aromatic rings. The van der Waals surface area contributed by atoms with E-state index in [1.807, 2.05) is 6.92 Å². The molecule has 1 aliphatic rings. The van der Waals surface area contributed by atoms with Gasteiger partial charge in [-0.2, -0.15) is 0 Å². The van der Waals surface area contributed by atoms with Gasteiger partial charge < -0.3 is 24.2 Å². The molecule has 2 aromatic carbocycles. The third-order valence-corrected chi connectivity index (χ3v) is 5.38. The Hall–Kier alpha value is -3.48. The van der Waals surface area contributed by atoms with E-state index in [-0.39, 0.29) is 11.3 Å². The van der Waals surface area contributed by atoms with E-state index in [2.05, 4.69) is 0 Å². The lowest BCUT2D eigenvalue weighted by molar-refractivity contribution is -0.139. The topological polar surface area (TPSA) is 85.3 Å². The zero-order valence-electron chi connectivity index (χ0n) is 18.2. The minimum Gasteiger partial charge on any atom is -0.507 e. The average molecular weight is 425 g/mol. The Labute approximate surface area is 181 Å². The summed E-state index contributed by atoms with van der Waals surface area (Å²) in [6, 6.07) is 11.2. The molecule has 1 aliphatic heterocycles. The number of rotatable bonds is 8. The lowest BCUT2D eigenvalue weighted by Gasteiger charge is -2.25. The first-order valence-corrected chi connectivity index (χ1v) is 10.1. The van der Waals surface area contributed by atoms with Gasteiger partial charge in [0.1, 0.15) is 11.5 Å². The third kappa shape index (κ3) is 4.21. The van der Waals surface area contributed by atoms with Crippen LogP contribution in [0.5, 0.6) is 17.2 Å². The van der Waals surface area contributed by atoms with Crippen molar-refractivity contribution in [1.29, 1.82) is 0 Å². The van der Waals surface area contributed by atoms with Crippen LogP contribution in [0.4, 0.5) is 0 Å². The van der Waals surface area contributed by atoms with Gasteiger partial charge in [-0.15, -0.1) is 0 Å². The first-order valence-electron chi connectivity index (χ1n) is 10.1. The fourth-order valence-corrected chi connectivity index (χ4v) is 3.71. The minimum absolute atomic E-state index is 0.0542. The van der Waals surface area contributed by atoms with Gasteiger partial charge in [-0.1, -0.05) is 19.4 Å². The van der Waals surface area contributed by atoms with Gasteiger partial charge in [0.25, 0.3) is 11.7 Å². The number of ether oxygens (including phenoxy) is 3. The number of aliphatic hydroxyl groups is 1. The Morgan fingerprint density at radius 2 is 1.65 bits per heavy atom.